The molecule has 0 heterocycles. The van der Waals surface area contributed by atoms with Crippen molar-refractivity contribution in [2.45, 2.75) is 90.4 Å². The van der Waals surface area contributed by atoms with Crippen LogP contribution in [0.3, 0.4) is 0 Å². The number of hydroxylamine groups is 3. The van der Waals surface area contributed by atoms with Crippen molar-refractivity contribution < 1.29 is 20.6 Å². The molecule has 0 aromatic rings. The van der Waals surface area contributed by atoms with Crippen LogP contribution in [0.5, 0.6) is 0 Å². The number of quaternary nitrogens is 1. The quantitative estimate of drug-likeness (QED) is 0.236. The summed E-state index contributed by atoms with van der Waals surface area (Å²) in [5, 5.41) is 25.9. The van der Waals surface area contributed by atoms with Gasteiger partial charge in [-0.15, -0.1) is 15.6 Å². The Bertz CT molecular complexity index is 181. The van der Waals surface area contributed by atoms with Crippen LogP contribution >= 0.6 is 0 Å². The van der Waals surface area contributed by atoms with Crippen LogP contribution in [0.25, 0.3) is 0 Å². The molecule has 0 radical (unpaired) electrons. The van der Waals surface area contributed by atoms with Gasteiger partial charge in [-0.1, -0.05) is 77.6 Å². The van der Waals surface area contributed by atoms with E-state index in [0.717, 1.165) is 12.8 Å². The van der Waals surface area contributed by atoms with E-state index >= 15 is 0 Å². The molecule has 0 aromatic heterocycles. The molecule has 0 unspecified atom stereocenters. The van der Waals surface area contributed by atoms with Crippen LogP contribution in [0.15, 0.2) is 0 Å². The fraction of sp³-hybridized carbons (Fsp3) is 1.00. The van der Waals surface area contributed by atoms with E-state index < -0.39 is 4.97 Å². The molecule has 4 heteroatoms. The molecule has 0 atom stereocenters. The average molecular weight is 276 g/mol. The third kappa shape index (κ3) is 17.8. The Morgan fingerprint density at radius 3 is 1.16 bits per heavy atom. The molecule has 0 aliphatic carbocycles. The van der Waals surface area contributed by atoms with Crippen LogP contribution in [0.1, 0.15) is 90.4 Å². The maximum Gasteiger partial charge on any atom is 0.177 e. The molecule has 116 valence electrons. The van der Waals surface area contributed by atoms with Crippen molar-refractivity contribution in [3.63, 3.8) is 0 Å². The van der Waals surface area contributed by atoms with Gasteiger partial charge in [0.25, 0.3) is 0 Å². The number of rotatable bonds is 14. The minimum atomic E-state index is -1.88. The molecule has 0 aliphatic rings. The Morgan fingerprint density at radius 1 is 0.526 bits per heavy atom. The second-order valence-corrected chi connectivity index (χ2v) is 5.66. The van der Waals surface area contributed by atoms with Gasteiger partial charge in [0.2, 0.25) is 0 Å². The van der Waals surface area contributed by atoms with Crippen molar-refractivity contribution >= 4 is 0 Å². The Morgan fingerprint density at radius 2 is 0.842 bits per heavy atom. The Kier molecular flexibility index (Phi) is 12.7. The molecule has 0 amide bonds. The fourth-order valence-corrected chi connectivity index (χ4v) is 2.34. The zero-order valence-corrected chi connectivity index (χ0v) is 12.7. The second-order valence-electron chi connectivity index (χ2n) is 5.66. The summed E-state index contributed by atoms with van der Waals surface area (Å²) < 4.78 is 0. The first-order valence-electron chi connectivity index (χ1n) is 8.12. The van der Waals surface area contributed by atoms with E-state index in [2.05, 4.69) is 6.92 Å². The van der Waals surface area contributed by atoms with E-state index in [1.807, 2.05) is 0 Å². The first-order valence-corrected chi connectivity index (χ1v) is 8.12. The summed E-state index contributed by atoms with van der Waals surface area (Å²) in [5.41, 5.74) is 0. The lowest BCUT2D eigenvalue weighted by atomic mass is 10.0. The van der Waals surface area contributed by atoms with Gasteiger partial charge in [-0.05, 0) is 6.42 Å². The topological polar surface area (TPSA) is 60.7 Å². The highest BCUT2D eigenvalue weighted by molar-refractivity contribution is 4.48. The summed E-state index contributed by atoms with van der Waals surface area (Å²) in [6.45, 7) is 2.25. The van der Waals surface area contributed by atoms with Gasteiger partial charge in [0.15, 0.2) is 6.54 Å². The summed E-state index contributed by atoms with van der Waals surface area (Å²) in [6.07, 6.45) is 16.2. The minimum Gasteiger partial charge on any atom is -0.146 e. The summed E-state index contributed by atoms with van der Waals surface area (Å²) in [4.78, 5) is -1.88. The summed E-state index contributed by atoms with van der Waals surface area (Å²) >= 11 is 0. The van der Waals surface area contributed by atoms with E-state index in [1.165, 1.54) is 64.2 Å². The number of hydrogen-bond acceptors (Lipinski definition) is 3. The smallest absolute Gasteiger partial charge is 0.146 e. The van der Waals surface area contributed by atoms with Gasteiger partial charge in [0, 0.05) is 6.42 Å². The molecule has 0 spiro atoms. The van der Waals surface area contributed by atoms with Crippen molar-refractivity contribution in [1.82, 2.24) is 0 Å². The fourth-order valence-electron chi connectivity index (χ4n) is 2.34. The number of hydrogen-bond donors (Lipinski definition) is 3. The molecular formula is C15H34NO3+. The monoisotopic (exact) mass is 276 g/mol. The van der Waals surface area contributed by atoms with Crippen molar-refractivity contribution in [3.8, 4) is 0 Å². The lowest BCUT2D eigenvalue weighted by molar-refractivity contribution is -1.37. The molecule has 0 bridgehead atoms. The third-order valence-corrected chi connectivity index (χ3v) is 3.56. The van der Waals surface area contributed by atoms with Crippen LogP contribution in [0.2, 0.25) is 0 Å². The van der Waals surface area contributed by atoms with Gasteiger partial charge < -0.3 is 0 Å². The van der Waals surface area contributed by atoms with Gasteiger partial charge >= 0.3 is 0 Å². The predicted octanol–water partition coefficient (Wildman–Crippen LogP) is 5.06. The van der Waals surface area contributed by atoms with E-state index in [4.69, 9.17) is 15.6 Å². The zero-order valence-electron chi connectivity index (χ0n) is 12.7. The van der Waals surface area contributed by atoms with Gasteiger partial charge in [0.1, 0.15) is 0 Å². The Hall–Kier alpha value is -0.160. The van der Waals surface area contributed by atoms with Crippen molar-refractivity contribution in [1.29, 1.82) is 0 Å². The van der Waals surface area contributed by atoms with Crippen LogP contribution in [-0.2, 0) is 0 Å². The van der Waals surface area contributed by atoms with Gasteiger partial charge in [-0.3, -0.25) is 0 Å². The van der Waals surface area contributed by atoms with E-state index in [1.54, 1.807) is 0 Å². The molecule has 0 aliphatic heterocycles. The number of nitrogens with zero attached hydrogens (tertiary/aromatic N) is 1. The minimum absolute atomic E-state index is 0.00222. The summed E-state index contributed by atoms with van der Waals surface area (Å²) in [5.74, 6) is 0. The van der Waals surface area contributed by atoms with Crippen LogP contribution < -0.4 is 0 Å². The molecule has 0 rings (SSSR count). The SMILES string of the molecule is CCCCCCCCCCCCCCC[N+](O)(O)O. The second kappa shape index (κ2) is 12.9. The van der Waals surface area contributed by atoms with E-state index in [9.17, 15) is 0 Å². The molecule has 3 N–H and O–H groups in total. The summed E-state index contributed by atoms with van der Waals surface area (Å²) in [6, 6.07) is 0. The Labute approximate surface area is 118 Å². The maximum atomic E-state index is 8.64. The highest BCUT2D eigenvalue weighted by Gasteiger charge is 2.16. The first kappa shape index (κ1) is 18.8. The summed E-state index contributed by atoms with van der Waals surface area (Å²) in [7, 11) is 0. The van der Waals surface area contributed by atoms with Gasteiger partial charge in [0.05, 0.1) is 4.97 Å². The normalized spacial score (nSPS) is 12.0. The molecule has 4 nitrogen and oxygen atoms in total. The Balaban J connectivity index is 2.99. The lowest BCUT2D eigenvalue weighted by Crippen LogP contribution is -2.37. The standard InChI is InChI=1S/C15H34NO3/c1-2-3-4-5-6-7-8-9-10-11-12-13-14-15-16(17,18)19/h17-19H,2-15H2,1H3/q+1. The molecule has 19 heavy (non-hydrogen) atoms. The first-order chi connectivity index (χ1) is 9.06. The molecular weight excluding hydrogens is 242 g/mol. The van der Waals surface area contributed by atoms with Crippen molar-refractivity contribution in [3.05, 3.63) is 0 Å². The molecule has 0 saturated heterocycles. The van der Waals surface area contributed by atoms with Gasteiger partial charge in [-0.25, -0.2) is 0 Å². The molecule has 0 saturated carbocycles. The van der Waals surface area contributed by atoms with Crippen LogP contribution in [-0.4, -0.2) is 27.1 Å². The molecule has 0 fully saturated rings. The van der Waals surface area contributed by atoms with E-state index in [-0.39, 0.29) is 6.54 Å². The highest BCUT2D eigenvalue weighted by atomic mass is 17.1. The largest absolute Gasteiger partial charge is 0.177 e. The van der Waals surface area contributed by atoms with Crippen LogP contribution in [0.4, 0.5) is 0 Å². The highest BCUT2D eigenvalue weighted by Crippen LogP contribution is 2.12. The predicted molar refractivity (Wildman–Crippen MR) is 76.2 cm³/mol. The zero-order chi connectivity index (χ0) is 14.4. The van der Waals surface area contributed by atoms with Crippen LogP contribution in [0, 0.1) is 0 Å². The third-order valence-electron chi connectivity index (χ3n) is 3.56. The average Bonchev–Trinajstić information content (AvgIpc) is 2.34. The van der Waals surface area contributed by atoms with E-state index in [0.29, 0.717) is 6.42 Å². The number of unbranched alkanes of at least 4 members (excludes halogenated alkanes) is 12. The molecule has 0 aromatic carbocycles. The van der Waals surface area contributed by atoms with Crippen molar-refractivity contribution in [2.75, 3.05) is 6.54 Å². The van der Waals surface area contributed by atoms with Crippen molar-refractivity contribution in [2.24, 2.45) is 0 Å². The van der Waals surface area contributed by atoms with Gasteiger partial charge in [-0.2, -0.15) is 0 Å². The lowest BCUT2D eigenvalue weighted by Gasteiger charge is -2.10. The maximum absolute atomic E-state index is 8.64.